The Morgan fingerprint density at radius 1 is 1.15 bits per heavy atom. The monoisotopic (exact) mass is 460 g/mol. The van der Waals surface area contributed by atoms with Crippen LogP contribution in [0.4, 0.5) is 0 Å². The first kappa shape index (κ1) is 18.5. The zero-order valence-corrected chi connectivity index (χ0v) is 18.0. The van der Waals surface area contributed by atoms with Crippen LogP contribution in [0, 0.1) is 0 Å². The summed E-state index contributed by atoms with van der Waals surface area (Å²) in [5, 5.41) is 12.7. The lowest BCUT2D eigenvalue weighted by Gasteiger charge is -2.12. The summed E-state index contributed by atoms with van der Waals surface area (Å²) in [5.41, 5.74) is 2.19. The predicted octanol–water partition coefficient (Wildman–Crippen LogP) is 6.30. The van der Waals surface area contributed by atoms with Crippen molar-refractivity contribution in [3.8, 4) is 22.2 Å². The van der Waals surface area contributed by atoms with E-state index in [0.29, 0.717) is 10.4 Å². The molecular weight excluding hydrogens is 444 g/mol. The summed E-state index contributed by atoms with van der Waals surface area (Å²) in [5.74, 6) is 2.19. The molecular formula is C19H17BrN4OS2. The number of thiazole rings is 1. The van der Waals surface area contributed by atoms with Crippen LogP contribution < -0.4 is 0 Å². The molecule has 0 N–H and O–H groups in total. The van der Waals surface area contributed by atoms with E-state index in [2.05, 4.69) is 62.1 Å². The van der Waals surface area contributed by atoms with E-state index in [9.17, 15) is 0 Å². The van der Waals surface area contributed by atoms with Crippen molar-refractivity contribution in [1.29, 1.82) is 0 Å². The number of furan rings is 1. The second kappa shape index (κ2) is 8.00. The zero-order chi connectivity index (χ0) is 18.8. The first-order chi connectivity index (χ1) is 13.1. The standard InChI is InChI=1S/C19H17BrN4OS2/c1-12(2)24-17(15-8-9-16(20)25-15)22-23-19(24)27-11-14-10-26-18(21-14)13-6-4-3-5-7-13/h3-10,12H,11H2,1-2H3. The number of hydrogen-bond donors (Lipinski definition) is 0. The van der Waals surface area contributed by atoms with E-state index in [1.165, 1.54) is 0 Å². The maximum atomic E-state index is 5.66. The summed E-state index contributed by atoms with van der Waals surface area (Å²) in [7, 11) is 0. The molecule has 8 heteroatoms. The molecule has 0 spiro atoms. The molecule has 0 saturated heterocycles. The molecule has 0 atom stereocenters. The van der Waals surface area contributed by atoms with Gasteiger partial charge in [-0.3, -0.25) is 4.57 Å². The van der Waals surface area contributed by atoms with Crippen LogP contribution in [0.15, 0.2) is 62.1 Å². The van der Waals surface area contributed by atoms with E-state index >= 15 is 0 Å². The third-order valence-corrected chi connectivity index (χ3v) is 6.24. The minimum atomic E-state index is 0.219. The molecule has 3 aromatic heterocycles. The van der Waals surface area contributed by atoms with E-state index in [1.54, 1.807) is 23.1 Å². The lowest BCUT2D eigenvalue weighted by atomic mass is 10.2. The SMILES string of the molecule is CC(C)n1c(SCc2csc(-c3ccccc3)n2)nnc1-c1ccc(Br)o1. The molecule has 0 bridgehead atoms. The van der Waals surface area contributed by atoms with Crippen LogP contribution in [0.5, 0.6) is 0 Å². The largest absolute Gasteiger partial charge is 0.446 e. The Morgan fingerprint density at radius 2 is 1.96 bits per heavy atom. The number of benzene rings is 1. The second-order valence-electron chi connectivity index (χ2n) is 6.17. The van der Waals surface area contributed by atoms with Gasteiger partial charge in [0.15, 0.2) is 15.6 Å². The van der Waals surface area contributed by atoms with Crippen LogP contribution in [0.3, 0.4) is 0 Å². The summed E-state index contributed by atoms with van der Waals surface area (Å²) >= 11 is 6.65. The van der Waals surface area contributed by atoms with E-state index < -0.39 is 0 Å². The second-order valence-corrected chi connectivity index (χ2v) is 8.75. The molecule has 4 rings (SSSR count). The van der Waals surface area contributed by atoms with Crippen molar-refractivity contribution >= 4 is 39.0 Å². The van der Waals surface area contributed by atoms with Crippen molar-refractivity contribution < 1.29 is 4.42 Å². The molecule has 0 unspecified atom stereocenters. The Bertz CT molecular complexity index is 1040. The highest BCUT2D eigenvalue weighted by molar-refractivity contribution is 9.10. The fourth-order valence-corrected chi connectivity index (χ4v) is 4.87. The average Bonchev–Trinajstić information content (AvgIpc) is 3.39. The highest BCUT2D eigenvalue weighted by Crippen LogP contribution is 2.32. The highest BCUT2D eigenvalue weighted by atomic mass is 79.9. The maximum Gasteiger partial charge on any atom is 0.200 e. The molecule has 3 heterocycles. The van der Waals surface area contributed by atoms with Crippen molar-refractivity contribution in [2.24, 2.45) is 0 Å². The number of aromatic nitrogens is 4. The maximum absolute atomic E-state index is 5.66. The van der Waals surface area contributed by atoms with Gasteiger partial charge in [0, 0.05) is 22.7 Å². The van der Waals surface area contributed by atoms with Crippen LogP contribution in [0.1, 0.15) is 25.6 Å². The Labute approximate surface area is 174 Å². The van der Waals surface area contributed by atoms with Crippen LogP contribution in [0.2, 0.25) is 0 Å². The Kier molecular flexibility index (Phi) is 5.47. The topological polar surface area (TPSA) is 56.7 Å². The molecule has 5 nitrogen and oxygen atoms in total. The molecule has 1 aromatic carbocycles. The van der Waals surface area contributed by atoms with Gasteiger partial charge in [-0.15, -0.1) is 21.5 Å². The van der Waals surface area contributed by atoms with Gasteiger partial charge in [-0.25, -0.2) is 4.98 Å². The number of halogens is 1. The summed E-state index contributed by atoms with van der Waals surface area (Å²) < 4.78 is 8.44. The number of thioether (sulfide) groups is 1. The molecule has 138 valence electrons. The predicted molar refractivity (Wildman–Crippen MR) is 113 cm³/mol. The number of hydrogen-bond acceptors (Lipinski definition) is 6. The van der Waals surface area contributed by atoms with Gasteiger partial charge in [-0.1, -0.05) is 42.1 Å². The van der Waals surface area contributed by atoms with Gasteiger partial charge in [0.05, 0.1) is 5.69 Å². The van der Waals surface area contributed by atoms with Crippen LogP contribution in [0.25, 0.3) is 22.2 Å². The molecule has 0 amide bonds. The fourth-order valence-electron chi connectivity index (χ4n) is 2.67. The van der Waals surface area contributed by atoms with Crippen LogP contribution >= 0.6 is 39.0 Å². The third kappa shape index (κ3) is 4.02. The quantitative estimate of drug-likeness (QED) is 0.316. The summed E-state index contributed by atoms with van der Waals surface area (Å²) in [6.07, 6.45) is 0. The normalized spacial score (nSPS) is 11.4. The van der Waals surface area contributed by atoms with Crippen molar-refractivity contribution in [2.75, 3.05) is 0 Å². The molecule has 0 aliphatic heterocycles. The highest BCUT2D eigenvalue weighted by Gasteiger charge is 2.19. The average molecular weight is 461 g/mol. The van der Waals surface area contributed by atoms with Crippen molar-refractivity contribution in [3.63, 3.8) is 0 Å². The van der Waals surface area contributed by atoms with Crippen molar-refractivity contribution in [1.82, 2.24) is 19.7 Å². The van der Waals surface area contributed by atoms with Crippen molar-refractivity contribution in [3.05, 3.63) is 58.2 Å². The van der Waals surface area contributed by atoms with Gasteiger partial charge in [0.25, 0.3) is 0 Å². The van der Waals surface area contributed by atoms with Crippen LogP contribution in [-0.2, 0) is 5.75 Å². The minimum absolute atomic E-state index is 0.219. The van der Waals surface area contributed by atoms with E-state index in [1.807, 2.05) is 30.3 Å². The molecule has 0 aliphatic rings. The Balaban J connectivity index is 1.54. The van der Waals surface area contributed by atoms with E-state index in [-0.39, 0.29) is 6.04 Å². The minimum Gasteiger partial charge on any atom is -0.446 e. The van der Waals surface area contributed by atoms with Gasteiger partial charge >= 0.3 is 0 Å². The summed E-state index contributed by atoms with van der Waals surface area (Å²) in [6.45, 7) is 4.23. The molecule has 0 saturated carbocycles. The molecule has 27 heavy (non-hydrogen) atoms. The Morgan fingerprint density at radius 3 is 2.67 bits per heavy atom. The van der Waals surface area contributed by atoms with E-state index in [0.717, 1.165) is 33.0 Å². The molecule has 0 radical (unpaired) electrons. The smallest absolute Gasteiger partial charge is 0.200 e. The summed E-state index contributed by atoms with van der Waals surface area (Å²) in [6, 6.07) is 14.2. The van der Waals surface area contributed by atoms with Crippen molar-refractivity contribution in [2.45, 2.75) is 30.8 Å². The number of rotatable bonds is 6. The first-order valence-electron chi connectivity index (χ1n) is 8.45. The van der Waals surface area contributed by atoms with E-state index in [4.69, 9.17) is 9.40 Å². The molecule has 0 fully saturated rings. The van der Waals surface area contributed by atoms with Gasteiger partial charge in [0.2, 0.25) is 5.82 Å². The van der Waals surface area contributed by atoms with Gasteiger partial charge in [-0.05, 0) is 41.9 Å². The molecule has 0 aliphatic carbocycles. The Hall–Kier alpha value is -1.90. The van der Waals surface area contributed by atoms with Gasteiger partial charge in [0.1, 0.15) is 5.01 Å². The third-order valence-electron chi connectivity index (χ3n) is 3.90. The lowest BCUT2D eigenvalue weighted by Crippen LogP contribution is -2.04. The van der Waals surface area contributed by atoms with Crippen LogP contribution in [-0.4, -0.2) is 19.7 Å². The number of nitrogens with zero attached hydrogens (tertiary/aromatic N) is 4. The summed E-state index contributed by atoms with van der Waals surface area (Å²) in [4.78, 5) is 4.75. The molecule has 4 aromatic rings. The first-order valence-corrected chi connectivity index (χ1v) is 11.1. The van der Waals surface area contributed by atoms with Gasteiger partial charge in [-0.2, -0.15) is 0 Å². The zero-order valence-electron chi connectivity index (χ0n) is 14.8. The fraction of sp³-hybridized carbons (Fsp3) is 0.211. The lowest BCUT2D eigenvalue weighted by molar-refractivity contribution is 0.519. The van der Waals surface area contributed by atoms with Gasteiger partial charge < -0.3 is 4.42 Å².